The van der Waals surface area contributed by atoms with E-state index in [-0.39, 0.29) is 44.1 Å². The molecule has 40 valence electrons. The third-order valence-corrected chi connectivity index (χ3v) is 0. The second-order valence-corrected chi connectivity index (χ2v) is 0. The molecular formula is H11NO2S2. The topological polar surface area (TPSA) is 98.0 Å². The van der Waals surface area contributed by atoms with Crippen molar-refractivity contribution in [1.82, 2.24) is 6.15 Å². The molecule has 0 aromatic carbocycles. The van der Waals surface area contributed by atoms with Gasteiger partial charge in [-0.05, 0) is 0 Å². The van der Waals surface area contributed by atoms with Crippen molar-refractivity contribution in [3.63, 3.8) is 0 Å². The predicted molar refractivity (Wildman–Crippen MR) is 33.0 cm³/mol. The van der Waals surface area contributed by atoms with Crippen LogP contribution in [0.3, 0.4) is 0 Å². The van der Waals surface area contributed by atoms with E-state index in [0.29, 0.717) is 0 Å². The fourth-order valence-electron chi connectivity index (χ4n) is 0. The lowest BCUT2D eigenvalue weighted by atomic mass is 14.0. The quantitative estimate of drug-likeness (QED) is 0.425. The molecule has 0 spiro atoms. The minimum atomic E-state index is 0. The molecule has 0 unspecified atom stereocenters. The first-order chi connectivity index (χ1) is 0. The molecule has 0 radical (unpaired) electrons. The number of hydrogen-bond acceptors (Lipinski definition) is 1. The number of hydrogen-bond donors (Lipinski definition) is 1. The molecule has 0 atom stereocenters. The summed E-state index contributed by atoms with van der Waals surface area (Å²) in [5.41, 5.74) is 0. The van der Waals surface area contributed by atoms with Crippen molar-refractivity contribution < 1.29 is 11.0 Å². The second kappa shape index (κ2) is 174. The first-order valence-electron chi connectivity index (χ1n) is 0. The van der Waals surface area contributed by atoms with E-state index in [4.69, 9.17) is 0 Å². The molecule has 0 heterocycles. The van der Waals surface area contributed by atoms with Gasteiger partial charge in [-0.2, -0.15) is 27.0 Å². The van der Waals surface area contributed by atoms with Crippen molar-refractivity contribution in [2.75, 3.05) is 0 Å². The molecule has 7 N–H and O–H groups in total. The van der Waals surface area contributed by atoms with Gasteiger partial charge in [0.05, 0.1) is 0 Å². The maximum absolute atomic E-state index is 0. The lowest BCUT2D eigenvalue weighted by Gasteiger charge is -0.413. The van der Waals surface area contributed by atoms with Gasteiger partial charge in [0.2, 0.25) is 0 Å². The first kappa shape index (κ1) is 348. The highest BCUT2D eigenvalue weighted by molar-refractivity contribution is 7.59. The highest BCUT2D eigenvalue weighted by Crippen LogP contribution is 0.649. The second-order valence-electron chi connectivity index (χ2n) is 0. The monoisotopic (exact) mass is 121 g/mol. The van der Waals surface area contributed by atoms with Crippen LogP contribution in [0.4, 0.5) is 0 Å². The molecule has 0 saturated carbocycles. The van der Waals surface area contributed by atoms with Crippen molar-refractivity contribution in [3.05, 3.63) is 0 Å². The Morgan fingerprint density at radius 2 is 0.600 bits per heavy atom. The Hall–Kier alpha value is 0.580. The average molecular weight is 121 g/mol. The van der Waals surface area contributed by atoms with E-state index in [1.807, 2.05) is 0 Å². The fourth-order valence-corrected chi connectivity index (χ4v) is 0. The molecule has 0 fully saturated rings. The summed E-state index contributed by atoms with van der Waals surface area (Å²) in [7, 11) is 0. The fraction of sp³-hybridized carbons (Fsp3) is 0. The van der Waals surface area contributed by atoms with Gasteiger partial charge in [0.15, 0.2) is 0 Å². The largest absolute Gasteiger partial charge is 0.412 e. The molecule has 0 aromatic rings. The summed E-state index contributed by atoms with van der Waals surface area (Å²) in [4.78, 5) is 0. The highest BCUT2D eigenvalue weighted by Gasteiger charge is -0.196. The van der Waals surface area contributed by atoms with Crippen LogP contribution in [0.15, 0.2) is 0 Å². The lowest BCUT2D eigenvalue weighted by molar-refractivity contribution is 0.823. The molecule has 0 aliphatic carbocycles. The van der Waals surface area contributed by atoms with Gasteiger partial charge < -0.3 is 17.1 Å². The third kappa shape index (κ3) is 90.6. The summed E-state index contributed by atoms with van der Waals surface area (Å²) in [6, 6.07) is 0. The smallest absolute Gasteiger partial charge is 0.197 e. The van der Waals surface area contributed by atoms with E-state index in [9.17, 15) is 0 Å². The summed E-state index contributed by atoms with van der Waals surface area (Å²) < 4.78 is 0. The molecule has 5 heteroatoms. The molecule has 5 heavy (non-hydrogen) atoms. The zero-order valence-electron chi connectivity index (χ0n) is 2.71. The van der Waals surface area contributed by atoms with E-state index >= 15 is 0 Å². The van der Waals surface area contributed by atoms with Gasteiger partial charge in [-0.15, -0.1) is 0 Å². The van der Waals surface area contributed by atoms with Crippen LogP contribution in [0.2, 0.25) is 0 Å². The van der Waals surface area contributed by atoms with Gasteiger partial charge >= 0.3 is 0 Å². The third-order valence-electron chi connectivity index (χ3n) is 0. The SMILES string of the molecule is N.O.O.S.S. The van der Waals surface area contributed by atoms with Crippen LogP contribution in [0.5, 0.6) is 0 Å². The van der Waals surface area contributed by atoms with Gasteiger partial charge in [0.1, 0.15) is 0 Å². The van der Waals surface area contributed by atoms with E-state index < -0.39 is 0 Å². The Labute approximate surface area is 44.9 Å². The van der Waals surface area contributed by atoms with Crippen molar-refractivity contribution in [3.8, 4) is 0 Å². The minimum absolute atomic E-state index is 0. The Kier molecular flexibility index (Phi) is 12100. The van der Waals surface area contributed by atoms with Crippen LogP contribution in [0.1, 0.15) is 0 Å². The first-order valence-corrected chi connectivity index (χ1v) is 0. The van der Waals surface area contributed by atoms with Crippen LogP contribution in [0, 0.1) is 0 Å². The normalized spacial score (nSPS) is 0. The molecule has 0 bridgehead atoms. The molecule has 0 aliphatic heterocycles. The van der Waals surface area contributed by atoms with Crippen molar-refractivity contribution in [2.45, 2.75) is 0 Å². The summed E-state index contributed by atoms with van der Waals surface area (Å²) in [5.74, 6) is 0. The summed E-state index contributed by atoms with van der Waals surface area (Å²) in [5, 5.41) is 0. The standard InChI is InChI=1S/H3N.2H2O.2H2S/h1H3;4*1H2. The predicted octanol–water partition coefficient (Wildman–Crippen LogP) is -1.26. The molecule has 0 rings (SSSR count). The van der Waals surface area contributed by atoms with Gasteiger partial charge in [-0.1, -0.05) is 0 Å². The maximum Gasteiger partial charge on any atom is -0.197 e. The maximum atomic E-state index is 0. The van der Waals surface area contributed by atoms with Crippen LogP contribution in [-0.4, -0.2) is 11.0 Å². The van der Waals surface area contributed by atoms with Crippen molar-refractivity contribution in [2.24, 2.45) is 0 Å². The Morgan fingerprint density at radius 3 is 0.600 bits per heavy atom. The van der Waals surface area contributed by atoms with Gasteiger partial charge in [-0.3, -0.25) is 0 Å². The minimum Gasteiger partial charge on any atom is -0.412 e. The summed E-state index contributed by atoms with van der Waals surface area (Å²) >= 11 is 0. The van der Waals surface area contributed by atoms with Gasteiger partial charge in [0, 0.05) is 0 Å². The summed E-state index contributed by atoms with van der Waals surface area (Å²) in [6.45, 7) is 0. The molecule has 3 nitrogen and oxygen atoms in total. The molecule has 0 amide bonds. The van der Waals surface area contributed by atoms with E-state index in [2.05, 4.69) is 0 Å². The Bertz CT molecular complexity index is 7.61. The summed E-state index contributed by atoms with van der Waals surface area (Å²) in [6.07, 6.45) is 0. The zero-order chi connectivity index (χ0) is 0. The average Bonchev–Trinajstić information content (AvgIpc) is 0. The van der Waals surface area contributed by atoms with Crippen LogP contribution in [-0.2, 0) is 0 Å². The van der Waals surface area contributed by atoms with E-state index in [0.717, 1.165) is 0 Å². The molecule has 0 saturated heterocycles. The van der Waals surface area contributed by atoms with E-state index in [1.165, 1.54) is 0 Å². The van der Waals surface area contributed by atoms with Crippen LogP contribution in [0.25, 0.3) is 0 Å². The molecule has 0 aromatic heterocycles. The van der Waals surface area contributed by atoms with E-state index in [1.54, 1.807) is 0 Å². The molecule has 0 aliphatic rings. The van der Waals surface area contributed by atoms with Gasteiger partial charge in [-0.25, -0.2) is 0 Å². The van der Waals surface area contributed by atoms with Crippen molar-refractivity contribution in [1.29, 1.82) is 0 Å². The Balaban J connectivity index is 0. The van der Waals surface area contributed by atoms with Crippen molar-refractivity contribution >= 4 is 27.0 Å². The highest BCUT2D eigenvalue weighted by atomic mass is 32.1. The lowest BCUT2D eigenvalue weighted by Crippen LogP contribution is -0.481. The van der Waals surface area contributed by atoms with Gasteiger partial charge in [0.25, 0.3) is 0 Å². The van der Waals surface area contributed by atoms with Crippen LogP contribution < -0.4 is 6.15 Å². The zero-order valence-corrected chi connectivity index (χ0v) is 4.71. The van der Waals surface area contributed by atoms with Crippen LogP contribution >= 0.6 is 27.0 Å². The number of rotatable bonds is 0. The molecular weight excluding hydrogens is 110 g/mol. The Morgan fingerprint density at radius 1 is 0.600 bits per heavy atom.